The lowest BCUT2D eigenvalue weighted by molar-refractivity contribution is 0.102. The van der Waals surface area contributed by atoms with Crippen molar-refractivity contribution in [1.82, 2.24) is 4.98 Å². The fourth-order valence-corrected chi connectivity index (χ4v) is 3.74. The Labute approximate surface area is 147 Å². The first-order valence-electron chi connectivity index (χ1n) is 7.84. The van der Waals surface area contributed by atoms with Gasteiger partial charge < -0.3 is 0 Å². The minimum atomic E-state index is -0.0773. The Morgan fingerprint density at radius 2 is 1.78 bits per heavy atom. The van der Waals surface area contributed by atoms with Gasteiger partial charge in [-0.1, -0.05) is 32.9 Å². The van der Waals surface area contributed by atoms with Crippen molar-refractivity contribution in [2.75, 3.05) is 5.32 Å². The molecule has 0 saturated carbocycles. The maximum atomic E-state index is 12.3. The summed E-state index contributed by atoms with van der Waals surface area (Å²) in [6, 6.07) is 7.84. The smallest absolute Gasteiger partial charge is 0.257 e. The van der Waals surface area contributed by atoms with Gasteiger partial charge in [0.25, 0.3) is 5.91 Å². The summed E-state index contributed by atoms with van der Waals surface area (Å²) in [7, 11) is 0. The highest BCUT2D eigenvalue weighted by molar-refractivity contribution is 7.15. The Hall–Kier alpha value is -1.39. The number of carbonyl (C=O) groups excluding carboxylic acids is 1. The quantitative estimate of drug-likeness (QED) is 0.828. The van der Waals surface area contributed by atoms with Crippen LogP contribution >= 0.6 is 23.7 Å². The molecule has 0 atom stereocenters. The maximum Gasteiger partial charge on any atom is 0.257 e. The monoisotopic (exact) mass is 350 g/mol. The lowest BCUT2D eigenvalue weighted by Gasteiger charge is -2.18. The second-order valence-electron chi connectivity index (χ2n) is 6.88. The number of nitrogens with zero attached hydrogens (tertiary/aromatic N) is 1. The molecule has 1 aliphatic carbocycles. The van der Waals surface area contributed by atoms with Crippen molar-refractivity contribution >= 4 is 34.8 Å². The molecule has 0 radical (unpaired) electrons. The summed E-state index contributed by atoms with van der Waals surface area (Å²) >= 11 is 1.62. The third-order valence-electron chi connectivity index (χ3n) is 4.08. The van der Waals surface area contributed by atoms with Gasteiger partial charge in [0, 0.05) is 10.4 Å². The zero-order valence-electron chi connectivity index (χ0n) is 13.8. The van der Waals surface area contributed by atoms with E-state index in [4.69, 9.17) is 0 Å². The largest absolute Gasteiger partial charge is 0.298 e. The molecule has 1 aromatic carbocycles. The number of nitrogens with one attached hydrogen (secondary N) is 1. The van der Waals surface area contributed by atoms with Crippen LogP contribution in [-0.4, -0.2) is 10.9 Å². The number of halogens is 1. The van der Waals surface area contributed by atoms with Crippen molar-refractivity contribution in [3.63, 3.8) is 0 Å². The summed E-state index contributed by atoms with van der Waals surface area (Å²) in [5, 5.41) is 3.68. The van der Waals surface area contributed by atoms with Gasteiger partial charge in [-0.05, 0) is 48.8 Å². The van der Waals surface area contributed by atoms with Gasteiger partial charge in [0.05, 0.1) is 5.69 Å². The topological polar surface area (TPSA) is 42.0 Å². The maximum absolute atomic E-state index is 12.3. The summed E-state index contributed by atoms with van der Waals surface area (Å²) in [5.41, 5.74) is 3.19. The third-order valence-corrected chi connectivity index (χ3v) is 5.15. The van der Waals surface area contributed by atoms with E-state index >= 15 is 0 Å². The van der Waals surface area contributed by atoms with E-state index in [2.05, 4.69) is 31.1 Å². The molecule has 1 N–H and O–H groups in total. The molecule has 1 amide bonds. The molecular formula is C18H23ClN2OS. The van der Waals surface area contributed by atoms with Crippen molar-refractivity contribution < 1.29 is 4.79 Å². The second kappa shape index (κ2) is 7.02. The first kappa shape index (κ1) is 18.0. The number of fused-ring (bicyclic) bond motifs is 1. The number of aryl methyl sites for hydroxylation is 2. The zero-order valence-corrected chi connectivity index (χ0v) is 15.4. The molecule has 3 nitrogen and oxygen atoms in total. The van der Waals surface area contributed by atoms with Crippen LogP contribution in [0.2, 0.25) is 0 Å². The average molecular weight is 351 g/mol. The third kappa shape index (κ3) is 4.12. The van der Waals surface area contributed by atoms with Crippen LogP contribution in [0.25, 0.3) is 0 Å². The SMILES string of the molecule is CC(C)(C)c1ccc(C(=O)Nc2nc3c(s2)CCCC3)cc1.Cl. The zero-order chi connectivity index (χ0) is 15.7. The van der Waals surface area contributed by atoms with Gasteiger partial charge in [0.2, 0.25) is 0 Å². The van der Waals surface area contributed by atoms with Crippen LogP contribution in [0, 0.1) is 0 Å². The van der Waals surface area contributed by atoms with E-state index in [1.165, 1.54) is 29.0 Å². The van der Waals surface area contributed by atoms with Gasteiger partial charge in [-0.3, -0.25) is 10.1 Å². The molecule has 1 heterocycles. The molecule has 5 heteroatoms. The van der Waals surface area contributed by atoms with Crippen molar-refractivity contribution in [2.45, 2.75) is 51.9 Å². The average Bonchev–Trinajstić information content (AvgIpc) is 2.88. The molecule has 0 saturated heterocycles. The number of hydrogen-bond donors (Lipinski definition) is 1. The standard InChI is InChI=1S/C18H22N2OS.ClH/c1-18(2,3)13-10-8-12(9-11-13)16(21)20-17-19-14-6-4-5-7-15(14)22-17;/h8-11H,4-7H2,1-3H3,(H,19,20,21);1H. The van der Waals surface area contributed by atoms with Crippen molar-refractivity contribution in [3.8, 4) is 0 Å². The van der Waals surface area contributed by atoms with E-state index in [0.717, 1.165) is 18.0 Å². The predicted octanol–water partition coefficient (Wildman–Crippen LogP) is 4.99. The van der Waals surface area contributed by atoms with Crippen LogP contribution in [0.5, 0.6) is 0 Å². The van der Waals surface area contributed by atoms with Crippen molar-refractivity contribution in [2.24, 2.45) is 0 Å². The molecular weight excluding hydrogens is 328 g/mol. The van der Waals surface area contributed by atoms with Gasteiger partial charge in [-0.15, -0.1) is 23.7 Å². The van der Waals surface area contributed by atoms with E-state index in [-0.39, 0.29) is 23.7 Å². The number of carbonyl (C=O) groups is 1. The number of anilines is 1. The van der Waals surface area contributed by atoms with Gasteiger partial charge in [-0.2, -0.15) is 0 Å². The Balaban J connectivity index is 0.00000192. The number of hydrogen-bond acceptors (Lipinski definition) is 3. The molecule has 23 heavy (non-hydrogen) atoms. The second-order valence-corrected chi connectivity index (χ2v) is 7.96. The lowest BCUT2D eigenvalue weighted by atomic mass is 9.87. The van der Waals surface area contributed by atoms with E-state index in [1.807, 2.05) is 24.3 Å². The molecule has 0 spiro atoms. The molecule has 0 unspecified atom stereocenters. The normalized spacial score (nSPS) is 13.9. The van der Waals surface area contributed by atoms with Gasteiger partial charge in [-0.25, -0.2) is 4.98 Å². The molecule has 0 aliphatic heterocycles. The molecule has 2 aromatic rings. The van der Waals surface area contributed by atoms with Crippen LogP contribution in [0.3, 0.4) is 0 Å². The highest BCUT2D eigenvalue weighted by Gasteiger charge is 2.18. The Bertz CT molecular complexity index is 663. The number of benzene rings is 1. The fraction of sp³-hybridized carbons (Fsp3) is 0.444. The van der Waals surface area contributed by atoms with Crippen LogP contribution in [0.15, 0.2) is 24.3 Å². The van der Waals surface area contributed by atoms with Crippen molar-refractivity contribution in [3.05, 3.63) is 46.0 Å². The summed E-state index contributed by atoms with van der Waals surface area (Å²) in [4.78, 5) is 18.2. The first-order chi connectivity index (χ1) is 10.4. The number of rotatable bonds is 2. The van der Waals surface area contributed by atoms with E-state index in [1.54, 1.807) is 11.3 Å². The summed E-state index contributed by atoms with van der Waals surface area (Å²) in [5.74, 6) is -0.0773. The highest BCUT2D eigenvalue weighted by atomic mass is 35.5. The van der Waals surface area contributed by atoms with Crippen molar-refractivity contribution in [1.29, 1.82) is 0 Å². The van der Waals surface area contributed by atoms with E-state index in [9.17, 15) is 4.79 Å². The highest BCUT2D eigenvalue weighted by Crippen LogP contribution is 2.30. The molecule has 0 bridgehead atoms. The van der Waals surface area contributed by atoms with Crippen LogP contribution in [0.4, 0.5) is 5.13 Å². The van der Waals surface area contributed by atoms with E-state index in [0.29, 0.717) is 5.56 Å². The molecule has 1 aromatic heterocycles. The first-order valence-corrected chi connectivity index (χ1v) is 8.65. The minimum absolute atomic E-state index is 0. The number of aromatic nitrogens is 1. The Morgan fingerprint density at radius 1 is 1.13 bits per heavy atom. The number of amides is 1. The molecule has 124 valence electrons. The number of thiazole rings is 1. The molecule has 3 rings (SSSR count). The predicted molar refractivity (Wildman–Crippen MR) is 99.1 cm³/mol. The fourth-order valence-electron chi connectivity index (χ4n) is 2.70. The molecule has 1 aliphatic rings. The van der Waals surface area contributed by atoms with Gasteiger partial charge >= 0.3 is 0 Å². The summed E-state index contributed by atoms with van der Waals surface area (Å²) in [6.45, 7) is 6.51. The minimum Gasteiger partial charge on any atom is -0.298 e. The molecule has 0 fully saturated rings. The summed E-state index contributed by atoms with van der Waals surface area (Å²) in [6.07, 6.45) is 4.58. The van der Waals surface area contributed by atoms with Crippen LogP contribution in [-0.2, 0) is 18.3 Å². The van der Waals surface area contributed by atoms with Gasteiger partial charge in [0.15, 0.2) is 5.13 Å². The lowest BCUT2D eigenvalue weighted by Crippen LogP contribution is -2.14. The summed E-state index contributed by atoms with van der Waals surface area (Å²) < 4.78 is 0. The van der Waals surface area contributed by atoms with Crippen LogP contribution < -0.4 is 5.32 Å². The van der Waals surface area contributed by atoms with Crippen LogP contribution in [0.1, 0.15) is 60.1 Å². The van der Waals surface area contributed by atoms with Gasteiger partial charge in [0.1, 0.15) is 0 Å². The Morgan fingerprint density at radius 3 is 2.39 bits per heavy atom. The van der Waals surface area contributed by atoms with E-state index < -0.39 is 0 Å². The Kier molecular flexibility index (Phi) is 5.48.